The van der Waals surface area contributed by atoms with E-state index < -0.39 is 17.4 Å². The lowest BCUT2D eigenvalue weighted by Gasteiger charge is -2.32. The van der Waals surface area contributed by atoms with Crippen LogP contribution in [0.15, 0.2) is 30.3 Å². The Hall–Kier alpha value is -5.63. The van der Waals surface area contributed by atoms with E-state index in [-0.39, 0.29) is 185 Å². The van der Waals surface area contributed by atoms with Crippen molar-refractivity contribution in [3.63, 3.8) is 0 Å². The van der Waals surface area contributed by atoms with Crippen molar-refractivity contribution in [2.75, 3.05) is 61.8 Å². The quantitative estimate of drug-likeness (QED) is 0.0467. The highest BCUT2D eigenvalue weighted by Gasteiger charge is 2.39. The number of methoxy groups -OCH3 is 7. The molecule has 0 aliphatic heterocycles. The summed E-state index contributed by atoms with van der Waals surface area (Å²) in [5.41, 5.74) is 0.0158. The number of benzene rings is 1. The highest BCUT2D eigenvalue weighted by atomic mass is 32.2. The Kier molecular flexibility index (Phi) is 52.5. The molecule has 0 aliphatic rings. The minimum absolute atomic E-state index is 0.0125. The summed E-state index contributed by atoms with van der Waals surface area (Å²) < 4.78 is 32.9. The van der Waals surface area contributed by atoms with Gasteiger partial charge in [0.15, 0.2) is 0 Å². The van der Waals surface area contributed by atoms with Crippen molar-refractivity contribution >= 4 is 82.3 Å². The molecule has 0 saturated carbocycles. The van der Waals surface area contributed by atoms with Crippen LogP contribution in [0.25, 0.3) is 0 Å². The Bertz CT molecular complexity index is 2340. The molecule has 7 unspecified atom stereocenters. The number of ether oxygens (including phenoxy) is 7. The minimum atomic E-state index is -0.657. The van der Waals surface area contributed by atoms with Gasteiger partial charge in [0.25, 0.3) is 0 Å². The van der Waals surface area contributed by atoms with Crippen LogP contribution in [0.2, 0.25) is 0 Å². The zero-order valence-electron chi connectivity index (χ0n) is 62.0. The van der Waals surface area contributed by atoms with E-state index in [2.05, 4.69) is 28.4 Å². The Morgan fingerprint density at radius 1 is 0.402 bits per heavy atom. The maximum absolute atomic E-state index is 12.1. The van der Waals surface area contributed by atoms with Gasteiger partial charge < -0.3 is 33.2 Å². The van der Waals surface area contributed by atoms with Gasteiger partial charge in [0.2, 0.25) is 0 Å². The summed E-state index contributed by atoms with van der Waals surface area (Å²) in [4.78, 5) is 139. The lowest BCUT2D eigenvalue weighted by atomic mass is 9.74. The molecule has 0 saturated heterocycles. The first kappa shape index (κ1) is 95.1. The minimum Gasteiger partial charge on any atom is -0.469 e. The monoisotopic (exact) mass is 1320 g/mol. The van der Waals surface area contributed by atoms with Crippen LogP contribution in [0.1, 0.15) is 208 Å². The lowest BCUT2D eigenvalue weighted by molar-refractivity contribution is -0.151. The van der Waals surface area contributed by atoms with Crippen LogP contribution in [0.4, 0.5) is 0 Å². The van der Waals surface area contributed by atoms with Gasteiger partial charge in [0, 0.05) is 66.3 Å². The topological polar surface area (TPSA) is 269 Å². The van der Waals surface area contributed by atoms with E-state index in [1.54, 1.807) is 25.6 Å². The number of Topliss-reactive ketones (excluding diaryl/α,β-unsaturated/α-hetero) is 6. The van der Waals surface area contributed by atoms with Gasteiger partial charge in [0.1, 0.15) is 34.7 Å². The number of carbonyl (C=O) groups excluding carboxylic acids is 12. The summed E-state index contributed by atoms with van der Waals surface area (Å²) in [6.45, 7) is 39.7. The van der Waals surface area contributed by atoms with Gasteiger partial charge in [0.05, 0.1) is 98.6 Å². The summed E-state index contributed by atoms with van der Waals surface area (Å²) in [5, 5.41) is 0. The maximum atomic E-state index is 12.1. The molecule has 92 heavy (non-hydrogen) atoms. The second-order valence-electron chi connectivity index (χ2n) is 26.6. The molecule has 0 spiro atoms. The molecule has 0 N–H and O–H groups in total. The van der Waals surface area contributed by atoms with E-state index in [4.69, 9.17) is 4.74 Å². The van der Waals surface area contributed by atoms with Crippen molar-refractivity contribution in [3.8, 4) is 0 Å². The number of thioether (sulfide) groups is 1. The van der Waals surface area contributed by atoms with Crippen molar-refractivity contribution in [2.24, 2.45) is 82.3 Å². The van der Waals surface area contributed by atoms with E-state index in [1.165, 1.54) is 49.8 Å². The molecule has 0 bridgehead atoms. The number of rotatable bonds is 33. The van der Waals surface area contributed by atoms with Crippen LogP contribution in [0, 0.1) is 82.3 Å². The third-order valence-electron chi connectivity index (χ3n) is 15.7. The molecule has 0 radical (unpaired) electrons. The molecule has 1 rings (SSSR count). The summed E-state index contributed by atoms with van der Waals surface area (Å²) in [6, 6.07) is 9.36. The van der Waals surface area contributed by atoms with Crippen LogP contribution < -0.4 is 0 Å². The van der Waals surface area contributed by atoms with E-state index in [0.29, 0.717) is 0 Å². The van der Waals surface area contributed by atoms with Crippen LogP contribution in [0.5, 0.6) is 0 Å². The van der Waals surface area contributed by atoms with Crippen LogP contribution in [-0.2, 0) is 90.7 Å². The fourth-order valence-corrected chi connectivity index (χ4v) is 9.48. The van der Waals surface area contributed by atoms with Gasteiger partial charge in [-0.1, -0.05) is 168 Å². The van der Waals surface area contributed by atoms with Gasteiger partial charge in [-0.05, 0) is 55.1 Å². The molecule has 0 amide bonds. The molecule has 7 atom stereocenters. The number of carbonyl (C=O) groups is 12. The zero-order chi connectivity index (χ0) is 73.1. The SMILES string of the molecule is CCC(C)C(CC(=O)OC)C(=O)C(C)C.COC(=O)CC(C(=O)C(C)C)C(C)(C)C.COC(=O)CC(C(=O)C(C)C)C(C)(C)OC.COC(=O)CC(C(=O)C(C)C)C(C)C.COC(=O)CC(C(=O)C(C)C)c1ccccc1.COC(=O)CC(CCSC)C(=O)C(C)C. The van der Waals surface area contributed by atoms with Crippen LogP contribution in [0.3, 0.4) is 0 Å². The van der Waals surface area contributed by atoms with Gasteiger partial charge in [-0.25, -0.2) is 0 Å². The number of hydrogen-bond donors (Lipinski definition) is 0. The number of esters is 6. The molecule has 0 fully saturated rings. The molecular weight excluding hydrogens is 1200 g/mol. The molecule has 532 valence electrons. The van der Waals surface area contributed by atoms with E-state index >= 15 is 0 Å². The average Bonchev–Trinajstić information content (AvgIpc) is 1.19. The first-order valence-electron chi connectivity index (χ1n) is 32.1. The summed E-state index contributed by atoms with van der Waals surface area (Å²) in [6.07, 6.45) is 4.63. The fourth-order valence-electron chi connectivity index (χ4n) is 8.96. The van der Waals surface area contributed by atoms with Crippen LogP contribution in [-0.4, -0.2) is 138 Å². The first-order valence-corrected chi connectivity index (χ1v) is 33.5. The van der Waals surface area contributed by atoms with Crippen molar-refractivity contribution < 1.29 is 90.7 Å². The fraction of sp³-hybridized carbons (Fsp3) is 0.750. The number of hydrogen-bond acceptors (Lipinski definition) is 20. The zero-order valence-corrected chi connectivity index (χ0v) is 62.8. The van der Waals surface area contributed by atoms with Gasteiger partial charge in [-0.3, -0.25) is 57.5 Å². The van der Waals surface area contributed by atoms with E-state index in [9.17, 15) is 57.5 Å². The van der Waals surface area contributed by atoms with Gasteiger partial charge in [-0.15, -0.1) is 0 Å². The second kappa shape index (κ2) is 50.8. The van der Waals surface area contributed by atoms with Gasteiger partial charge >= 0.3 is 35.8 Å². The van der Waals surface area contributed by atoms with E-state index in [1.807, 2.05) is 168 Å². The molecule has 0 aromatic heterocycles. The molecule has 0 aliphatic carbocycles. The summed E-state index contributed by atoms with van der Waals surface area (Å²) >= 11 is 1.69. The normalized spacial score (nSPS) is 13.3. The molecule has 19 nitrogen and oxygen atoms in total. The largest absolute Gasteiger partial charge is 0.469 e. The van der Waals surface area contributed by atoms with Crippen molar-refractivity contribution in [1.82, 2.24) is 0 Å². The maximum Gasteiger partial charge on any atom is 0.306 e. The van der Waals surface area contributed by atoms with Crippen molar-refractivity contribution in [3.05, 3.63) is 35.9 Å². The first-order chi connectivity index (χ1) is 42.4. The lowest BCUT2D eigenvalue weighted by Crippen LogP contribution is -2.42. The smallest absolute Gasteiger partial charge is 0.306 e. The van der Waals surface area contributed by atoms with Crippen molar-refractivity contribution in [1.29, 1.82) is 0 Å². The molecule has 1 aromatic rings. The molecular formula is C72H124O19S. The van der Waals surface area contributed by atoms with Gasteiger partial charge in [-0.2, -0.15) is 11.8 Å². The predicted molar refractivity (Wildman–Crippen MR) is 363 cm³/mol. The van der Waals surface area contributed by atoms with Crippen LogP contribution >= 0.6 is 11.8 Å². The highest BCUT2D eigenvalue weighted by molar-refractivity contribution is 7.98. The average molecular weight is 1330 g/mol. The summed E-state index contributed by atoms with van der Waals surface area (Å²) in [5.74, 6) is -1.95. The predicted octanol–water partition coefficient (Wildman–Crippen LogP) is 13.4. The standard InChI is InChI=1S/C14H18O3.C12H22O4.2C12H22O3.C11H20O3S.C11H20O3/c1-10(2)14(16)12(9-13(15)17-3)11-7-5-4-6-8-11;1-8(2)11(14)9(7-10(13)15-5)12(3,4)16-6;1-8(2)11(14)9(12(3,4)5)7-10(13)15-6;1-6-9(4)10(7-11(13)15-5)12(14)8(2)3;1-8(2)11(13)9(5-6-15-4)7-10(12)14-3;1-7(2)9(6-10(12)14-5)11(13)8(3)4/h4-8,10,12H,9H2,1-3H3;8-9H,7H2,1-6H3;8-9H,7H2,1-6H3;8-10H,6-7H2,1-5H3;8-9H,5-7H2,1-4H3;7-9H,6H2,1-5H3. The molecule has 20 heteroatoms. The highest BCUT2D eigenvalue weighted by Crippen LogP contribution is 2.33. The Labute approximate surface area is 558 Å². The third-order valence-corrected chi connectivity index (χ3v) is 16.3. The number of ketones is 6. The van der Waals surface area contributed by atoms with E-state index in [0.717, 1.165) is 24.2 Å². The summed E-state index contributed by atoms with van der Waals surface area (Å²) in [7, 11) is 9.60. The Balaban J connectivity index is -0.000000329. The van der Waals surface area contributed by atoms with Crippen molar-refractivity contribution in [2.45, 2.75) is 208 Å². The third kappa shape index (κ3) is 41.2. The molecule has 1 aromatic carbocycles. The Morgan fingerprint density at radius 3 is 1.05 bits per heavy atom. The molecule has 0 heterocycles. The Morgan fingerprint density at radius 2 is 0.728 bits per heavy atom. The second-order valence-corrected chi connectivity index (χ2v) is 27.6.